The van der Waals surface area contributed by atoms with Gasteiger partial charge >= 0.3 is 0 Å². The molecule has 0 aliphatic heterocycles. The molecule has 2 nitrogen and oxygen atoms in total. The lowest BCUT2D eigenvalue weighted by molar-refractivity contribution is 0.648. The number of benzene rings is 1. The lowest BCUT2D eigenvalue weighted by Gasteiger charge is -2.11. The lowest BCUT2D eigenvalue weighted by Crippen LogP contribution is -2.15. The minimum atomic E-state index is 0.875. The van der Waals surface area contributed by atoms with E-state index < -0.39 is 0 Å². The van der Waals surface area contributed by atoms with Crippen molar-refractivity contribution in [3.05, 3.63) is 30.5 Å². The molecule has 2 aromatic rings. The number of hydrogen-bond donors (Lipinski definition) is 1. The number of nitrogens with one attached hydrogen (secondary N) is 1. The van der Waals surface area contributed by atoms with Gasteiger partial charge in [-0.25, -0.2) is 0 Å². The summed E-state index contributed by atoms with van der Waals surface area (Å²) in [5, 5.41) is 1.23. The normalized spacial score (nSPS) is 10.5. The van der Waals surface area contributed by atoms with Gasteiger partial charge < -0.3 is 9.88 Å². The van der Waals surface area contributed by atoms with E-state index in [9.17, 15) is 0 Å². The highest BCUT2D eigenvalue weighted by Gasteiger charge is 2.07. The van der Waals surface area contributed by atoms with Crippen molar-refractivity contribution < 1.29 is 0 Å². The number of nitrogens with zero attached hydrogens (tertiary/aromatic N) is 1. The molecular weight excluding hydrogens is 224 g/mol. The van der Waals surface area contributed by atoms with Crippen LogP contribution in [-0.4, -0.2) is 28.3 Å². The quantitative estimate of drug-likeness (QED) is 0.606. The first kappa shape index (κ1) is 10.5. The summed E-state index contributed by atoms with van der Waals surface area (Å²) in [7, 11) is 3.92. The van der Waals surface area contributed by atoms with Crippen LogP contribution < -0.4 is 0 Å². The monoisotopic (exact) mass is 236 g/mol. The van der Waals surface area contributed by atoms with E-state index in [1.54, 1.807) is 11.8 Å². The molecule has 4 heteroatoms. The van der Waals surface area contributed by atoms with Gasteiger partial charge in [-0.1, -0.05) is 42.2 Å². The van der Waals surface area contributed by atoms with Crippen molar-refractivity contribution >= 4 is 39.2 Å². The maximum atomic E-state index is 5.26. The zero-order chi connectivity index (χ0) is 10.8. The smallest absolute Gasteiger partial charge is 0.140 e. The second-order valence-electron chi connectivity index (χ2n) is 3.46. The van der Waals surface area contributed by atoms with Crippen molar-refractivity contribution in [1.82, 2.24) is 9.88 Å². The Kier molecular flexibility index (Phi) is 2.98. The van der Waals surface area contributed by atoms with Crippen LogP contribution in [0, 0.1) is 0 Å². The Morgan fingerprint density at radius 3 is 2.80 bits per heavy atom. The van der Waals surface area contributed by atoms with Crippen LogP contribution in [0.15, 0.2) is 35.4 Å². The van der Waals surface area contributed by atoms with E-state index in [1.165, 1.54) is 10.3 Å². The molecule has 0 atom stereocenters. The first-order valence-corrected chi connectivity index (χ1v) is 5.86. The average molecular weight is 236 g/mol. The first-order valence-electron chi connectivity index (χ1n) is 4.64. The van der Waals surface area contributed by atoms with Gasteiger partial charge in [0.2, 0.25) is 0 Å². The molecule has 0 bridgehead atoms. The Labute approximate surface area is 98.7 Å². The molecule has 1 heterocycles. The summed E-state index contributed by atoms with van der Waals surface area (Å²) >= 11 is 6.88. The second kappa shape index (κ2) is 4.24. The Morgan fingerprint density at radius 1 is 1.33 bits per heavy atom. The van der Waals surface area contributed by atoms with Gasteiger partial charge in [0.1, 0.15) is 4.32 Å². The van der Waals surface area contributed by atoms with E-state index in [2.05, 4.69) is 17.1 Å². The number of aromatic nitrogens is 1. The molecule has 0 saturated heterocycles. The van der Waals surface area contributed by atoms with Crippen molar-refractivity contribution in [3.8, 4) is 0 Å². The van der Waals surface area contributed by atoms with Crippen LogP contribution >= 0.6 is 24.0 Å². The summed E-state index contributed by atoms with van der Waals surface area (Å²) < 4.78 is 0.875. The molecular formula is C11H12N2S2. The van der Waals surface area contributed by atoms with Crippen molar-refractivity contribution in [3.63, 3.8) is 0 Å². The van der Waals surface area contributed by atoms with Gasteiger partial charge in [-0.2, -0.15) is 0 Å². The molecule has 0 fully saturated rings. The maximum Gasteiger partial charge on any atom is 0.140 e. The molecule has 15 heavy (non-hydrogen) atoms. The van der Waals surface area contributed by atoms with Crippen molar-refractivity contribution in [2.45, 2.75) is 4.90 Å². The highest BCUT2D eigenvalue weighted by Crippen LogP contribution is 2.28. The summed E-state index contributed by atoms with van der Waals surface area (Å²) in [5.74, 6) is 0. The van der Waals surface area contributed by atoms with Crippen LogP contribution in [0.5, 0.6) is 0 Å². The van der Waals surface area contributed by atoms with Crippen LogP contribution in [0.4, 0.5) is 0 Å². The molecule has 0 amide bonds. The molecule has 0 unspecified atom stereocenters. The minimum Gasteiger partial charge on any atom is -0.363 e. The summed E-state index contributed by atoms with van der Waals surface area (Å²) in [4.78, 5) is 6.36. The molecule has 0 spiro atoms. The number of H-pyrrole nitrogens is 1. The van der Waals surface area contributed by atoms with Crippen molar-refractivity contribution in [2.75, 3.05) is 14.1 Å². The summed E-state index contributed by atoms with van der Waals surface area (Å²) in [6.07, 6.45) is 2.01. The molecule has 0 saturated carbocycles. The van der Waals surface area contributed by atoms with E-state index >= 15 is 0 Å². The number of thiocarbonyl (C=S) groups is 1. The van der Waals surface area contributed by atoms with Gasteiger partial charge in [0.25, 0.3) is 0 Å². The van der Waals surface area contributed by atoms with Crippen LogP contribution in [0.1, 0.15) is 0 Å². The van der Waals surface area contributed by atoms with Gasteiger partial charge in [-0.15, -0.1) is 0 Å². The third kappa shape index (κ3) is 2.16. The van der Waals surface area contributed by atoms with Gasteiger partial charge in [-0.05, 0) is 6.07 Å². The predicted octanol–water partition coefficient (Wildman–Crippen LogP) is 3.11. The van der Waals surface area contributed by atoms with Gasteiger partial charge in [0.15, 0.2) is 0 Å². The summed E-state index contributed by atoms with van der Waals surface area (Å²) in [6.45, 7) is 0. The van der Waals surface area contributed by atoms with Crippen LogP contribution in [0.3, 0.4) is 0 Å². The van der Waals surface area contributed by atoms with E-state index in [0.29, 0.717) is 0 Å². The first-order chi connectivity index (χ1) is 7.18. The SMILES string of the molecule is CN(C)C(=S)Sc1c[nH]c2ccccc12. The topological polar surface area (TPSA) is 19.0 Å². The number of hydrogen-bond acceptors (Lipinski definition) is 2. The fourth-order valence-corrected chi connectivity index (χ4v) is 2.36. The molecule has 2 rings (SSSR count). The standard InChI is InChI=1S/C11H12N2S2/c1-13(2)11(14)15-10-7-12-9-6-4-3-5-8(9)10/h3-7,12H,1-2H3. The number of fused-ring (bicyclic) bond motifs is 1. The predicted molar refractivity (Wildman–Crippen MR) is 70.4 cm³/mol. The lowest BCUT2D eigenvalue weighted by atomic mass is 10.2. The molecule has 78 valence electrons. The highest BCUT2D eigenvalue weighted by molar-refractivity contribution is 8.23. The number of aromatic amines is 1. The molecule has 1 N–H and O–H groups in total. The van der Waals surface area contributed by atoms with Crippen LogP contribution in [0.2, 0.25) is 0 Å². The number of rotatable bonds is 1. The van der Waals surface area contributed by atoms with E-state index in [0.717, 1.165) is 9.84 Å². The van der Waals surface area contributed by atoms with Crippen molar-refractivity contribution in [1.29, 1.82) is 0 Å². The largest absolute Gasteiger partial charge is 0.363 e. The van der Waals surface area contributed by atoms with Crippen LogP contribution in [-0.2, 0) is 0 Å². The Morgan fingerprint density at radius 2 is 2.07 bits per heavy atom. The zero-order valence-corrected chi connectivity index (χ0v) is 10.3. The third-order valence-electron chi connectivity index (χ3n) is 2.11. The van der Waals surface area contributed by atoms with Gasteiger partial charge in [0.05, 0.1) is 0 Å². The average Bonchev–Trinajstić information content (AvgIpc) is 2.62. The fraction of sp³-hybridized carbons (Fsp3) is 0.182. The van der Waals surface area contributed by atoms with E-state index in [-0.39, 0.29) is 0 Å². The maximum absolute atomic E-state index is 5.26. The number of thioether (sulfide) groups is 1. The van der Waals surface area contributed by atoms with Crippen molar-refractivity contribution in [2.24, 2.45) is 0 Å². The summed E-state index contributed by atoms with van der Waals surface area (Å²) in [5.41, 5.74) is 1.15. The Balaban J connectivity index is 2.33. The highest BCUT2D eigenvalue weighted by atomic mass is 32.2. The second-order valence-corrected chi connectivity index (χ2v) is 5.14. The molecule has 0 radical (unpaired) electrons. The minimum absolute atomic E-state index is 0.875. The molecule has 0 aliphatic carbocycles. The molecule has 0 aliphatic rings. The Bertz CT molecular complexity index is 488. The van der Waals surface area contributed by atoms with Gasteiger partial charge in [-0.3, -0.25) is 0 Å². The van der Waals surface area contributed by atoms with Crippen LogP contribution in [0.25, 0.3) is 10.9 Å². The number of para-hydroxylation sites is 1. The van der Waals surface area contributed by atoms with Gasteiger partial charge in [0, 0.05) is 36.1 Å². The molecule has 1 aromatic carbocycles. The van der Waals surface area contributed by atoms with E-state index in [4.69, 9.17) is 12.2 Å². The molecule has 1 aromatic heterocycles. The summed E-state index contributed by atoms with van der Waals surface area (Å²) in [6, 6.07) is 8.24. The zero-order valence-electron chi connectivity index (χ0n) is 8.65. The van der Waals surface area contributed by atoms with E-state index in [1.807, 2.05) is 37.3 Å². The Hall–Kier alpha value is -1.00. The fourth-order valence-electron chi connectivity index (χ4n) is 1.31. The third-order valence-corrected chi connectivity index (χ3v) is 3.83.